The number of hydrogen-bond donors (Lipinski definition) is 2. The molecule has 0 aliphatic heterocycles. The molecular formula is C23H27N3O2. The Labute approximate surface area is 166 Å². The molecule has 0 saturated heterocycles. The summed E-state index contributed by atoms with van der Waals surface area (Å²) in [5, 5.41) is 5.81. The van der Waals surface area contributed by atoms with Crippen molar-refractivity contribution in [2.24, 2.45) is 5.92 Å². The van der Waals surface area contributed by atoms with Crippen LogP contribution in [0.1, 0.15) is 57.4 Å². The lowest BCUT2D eigenvalue weighted by Gasteiger charge is -2.15. The number of benzene rings is 1. The average molecular weight is 377 g/mol. The molecule has 2 aromatic rings. The van der Waals surface area contributed by atoms with Gasteiger partial charge < -0.3 is 10.6 Å². The number of nitrogens with one attached hydrogen (secondary N) is 2. The zero-order chi connectivity index (χ0) is 20.3. The second-order valence-corrected chi connectivity index (χ2v) is 7.30. The first-order chi connectivity index (χ1) is 13.4. The Kier molecular flexibility index (Phi) is 5.93. The minimum atomic E-state index is -0.149. The molecule has 2 N–H and O–H groups in total. The second-order valence-electron chi connectivity index (χ2n) is 7.30. The molecule has 146 valence electrons. The van der Waals surface area contributed by atoms with E-state index in [1.807, 2.05) is 39.0 Å². The molecule has 1 aromatic carbocycles. The molecule has 5 heteroatoms. The van der Waals surface area contributed by atoms with E-state index in [-0.39, 0.29) is 11.8 Å². The molecule has 1 aliphatic rings. The van der Waals surface area contributed by atoms with E-state index < -0.39 is 0 Å². The number of hydrogen-bond acceptors (Lipinski definition) is 3. The van der Waals surface area contributed by atoms with E-state index in [0.29, 0.717) is 30.3 Å². The highest BCUT2D eigenvalue weighted by Crippen LogP contribution is 2.30. The Morgan fingerprint density at radius 3 is 2.50 bits per heavy atom. The molecule has 1 heterocycles. The minimum absolute atomic E-state index is 0.133. The van der Waals surface area contributed by atoms with Crippen LogP contribution in [0.15, 0.2) is 30.8 Å². The number of carbonyl (C=O) groups excluding carboxylic acids is 2. The Bertz CT molecular complexity index is 930. The van der Waals surface area contributed by atoms with Crippen LogP contribution in [0.2, 0.25) is 0 Å². The summed E-state index contributed by atoms with van der Waals surface area (Å²) in [5.41, 5.74) is 5.31. The van der Waals surface area contributed by atoms with Crippen LogP contribution < -0.4 is 10.6 Å². The van der Waals surface area contributed by atoms with Crippen molar-refractivity contribution in [1.29, 1.82) is 0 Å². The van der Waals surface area contributed by atoms with Gasteiger partial charge in [0, 0.05) is 29.9 Å². The molecule has 0 radical (unpaired) electrons. The third-order valence-corrected chi connectivity index (χ3v) is 5.06. The highest BCUT2D eigenvalue weighted by molar-refractivity contribution is 6.02. The lowest BCUT2D eigenvalue weighted by molar-refractivity contribution is 0.0941. The predicted molar refractivity (Wildman–Crippen MR) is 112 cm³/mol. The first-order valence-electron chi connectivity index (χ1n) is 9.76. The summed E-state index contributed by atoms with van der Waals surface area (Å²) in [6.07, 6.45) is 4.13. The van der Waals surface area contributed by atoms with Gasteiger partial charge in [-0.1, -0.05) is 18.7 Å². The number of nitrogens with zero attached hydrogens (tertiary/aromatic N) is 1. The van der Waals surface area contributed by atoms with Crippen LogP contribution in [0.4, 0.5) is 0 Å². The molecule has 0 unspecified atom stereocenters. The fourth-order valence-corrected chi connectivity index (χ4v) is 3.23. The number of amides is 2. The number of aryl methyl sites for hydroxylation is 2. The molecule has 2 amide bonds. The van der Waals surface area contributed by atoms with Crippen molar-refractivity contribution in [2.75, 3.05) is 13.1 Å². The first-order valence-corrected chi connectivity index (χ1v) is 9.76. The fourth-order valence-electron chi connectivity index (χ4n) is 3.23. The van der Waals surface area contributed by atoms with Crippen molar-refractivity contribution in [3.63, 3.8) is 0 Å². The standard InChI is InChI=1S/C23H27N3O2/c1-5-17-12-20(22(27)24-6-2)19(11-14(17)3)18-9-10-21(26-15(18)4)23(28)25-13-16-7-8-16/h5,9-12,16H,1,6-8,13H2,2-4H3,(H,24,27)(H,25,28). The molecule has 0 spiro atoms. The van der Waals surface area contributed by atoms with Crippen molar-refractivity contribution >= 4 is 17.9 Å². The van der Waals surface area contributed by atoms with Gasteiger partial charge in [-0.2, -0.15) is 0 Å². The summed E-state index contributed by atoms with van der Waals surface area (Å²) >= 11 is 0. The molecule has 1 aliphatic carbocycles. The third-order valence-electron chi connectivity index (χ3n) is 5.06. The molecule has 28 heavy (non-hydrogen) atoms. The number of carbonyl (C=O) groups is 2. The van der Waals surface area contributed by atoms with Gasteiger partial charge in [0.2, 0.25) is 0 Å². The van der Waals surface area contributed by atoms with Gasteiger partial charge in [-0.15, -0.1) is 0 Å². The monoisotopic (exact) mass is 377 g/mol. The molecule has 5 nitrogen and oxygen atoms in total. The Morgan fingerprint density at radius 1 is 1.14 bits per heavy atom. The molecule has 0 atom stereocenters. The van der Waals surface area contributed by atoms with E-state index in [2.05, 4.69) is 22.2 Å². The maximum absolute atomic E-state index is 12.6. The molecule has 1 saturated carbocycles. The highest BCUT2D eigenvalue weighted by atomic mass is 16.2. The normalized spacial score (nSPS) is 13.1. The van der Waals surface area contributed by atoms with Crippen LogP contribution in [0.5, 0.6) is 0 Å². The zero-order valence-corrected chi connectivity index (χ0v) is 16.8. The van der Waals surface area contributed by atoms with Crippen LogP contribution >= 0.6 is 0 Å². The summed E-state index contributed by atoms with van der Waals surface area (Å²) in [6, 6.07) is 7.44. The van der Waals surface area contributed by atoms with Crippen molar-refractivity contribution in [2.45, 2.75) is 33.6 Å². The van der Waals surface area contributed by atoms with Crippen LogP contribution in [0.25, 0.3) is 17.2 Å². The lowest BCUT2D eigenvalue weighted by atomic mass is 9.92. The number of rotatable bonds is 7. The Morgan fingerprint density at radius 2 is 1.89 bits per heavy atom. The first kappa shape index (κ1) is 19.8. The minimum Gasteiger partial charge on any atom is -0.352 e. The van der Waals surface area contributed by atoms with E-state index in [1.165, 1.54) is 12.8 Å². The average Bonchev–Trinajstić information content (AvgIpc) is 3.50. The fraction of sp³-hybridized carbons (Fsp3) is 0.348. The van der Waals surface area contributed by atoms with Gasteiger partial charge in [0.05, 0.1) is 0 Å². The largest absolute Gasteiger partial charge is 0.352 e. The number of pyridine rings is 1. The van der Waals surface area contributed by atoms with E-state index in [1.54, 1.807) is 12.1 Å². The Hall–Kier alpha value is -2.95. The van der Waals surface area contributed by atoms with Crippen LogP contribution in [0, 0.1) is 19.8 Å². The van der Waals surface area contributed by atoms with Crippen molar-refractivity contribution in [1.82, 2.24) is 15.6 Å². The van der Waals surface area contributed by atoms with Crippen LogP contribution in [-0.4, -0.2) is 29.9 Å². The summed E-state index contributed by atoms with van der Waals surface area (Å²) in [6.45, 7) is 10.8. The van der Waals surface area contributed by atoms with E-state index in [4.69, 9.17) is 0 Å². The summed E-state index contributed by atoms with van der Waals surface area (Å²) in [7, 11) is 0. The summed E-state index contributed by atoms with van der Waals surface area (Å²) < 4.78 is 0. The molecule has 1 fully saturated rings. The van der Waals surface area contributed by atoms with Crippen LogP contribution in [-0.2, 0) is 0 Å². The van der Waals surface area contributed by atoms with Gasteiger partial charge in [0.1, 0.15) is 5.69 Å². The second kappa shape index (κ2) is 8.38. The maximum atomic E-state index is 12.6. The molecular weight excluding hydrogens is 350 g/mol. The maximum Gasteiger partial charge on any atom is 0.269 e. The van der Waals surface area contributed by atoms with Crippen molar-refractivity contribution < 1.29 is 9.59 Å². The van der Waals surface area contributed by atoms with E-state index in [9.17, 15) is 9.59 Å². The lowest BCUT2D eigenvalue weighted by Crippen LogP contribution is -2.26. The van der Waals surface area contributed by atoms with Gasteiger partial charge >= 0.3 is 0 Å². The third kappa shape index (κ3) is 4.30. The zero-order valence-electron chi connectivity index (χ0n) is 16.8. The van der Waals surface area contributed by atoms with E-state index >= 15 is 0 Å². The van der Waals surface area contributed by atoms with Crippen molar-refractivity contribution in [3.05, 3.63) is 58.9 Å². The molecule has 1 aromatic heterocycles. The smallest absolute Gasteiger partial charge is 0.269 e. The topological polar surface area (TPSA) is 71.1 Å². The summed E-state index contributed by atoms with van der Waals surface area (Å²) in [4.78, 5) is 29.5. The van der Waals surface area contributed by atoms with Gasteiger partial charge in [0.15, 0.2) is 0 Å². The van der Waals surface area contributed by atoms with Crippen molar-refractivity contribution in [3.8, 4) is 11.1 Å². The molecule has 0 bridgehead atoms. The van der Waals surface area contributed by atoms with Crippen LogP contribution in [0.3, 0.4) is 0 Å². The Balaban J connectivity index is 1.97. The summed E-state index contributed by atoms with van der Waals surface area (Å²) in [5.74, 6) is 0.338. The van der Waals surface area contributed by atoms with Gasteiger partial charge in [0.25, 0.3) is 11.8 Å². The SMILES string of the molecule is C=Cc1cc(C(=O)NCC)c(-c2ccc(C(=O)NCC3CC3)nc2C)cc1C. The van der Waals surface area contributed by atoms with Gasteiger partial charge in [-0.3, -0.25) is 9.59 Å². The number of aromatic nitrogens is 1. The predicted octanol–water partition coefficient (Wildman–Crippen LogP) is 3.90. The molecule has 3 rings (SSSR count). The van der Waals surface area contributed by atoms with Gasteiger partial charge in [-0.05, 0) is 74.4 Å². The quantitative estimate of drug-likeness (QED) is 0.769. The highest BCUT2D eigenvalue weighted by Gasteiger charge is 2.22. The van der Waals surface area contributed by atoms with E-state index in [0.717, 1.165) is 27.9 Å². The van der Waals surface area contributed by atoms with Gasteiger partial charge in [-0.25, -0.2) is 4.98 Å².